The minimum atomic E-state index is 0.643. The molecule has 0 saturated carbocycles. The molecule has 0 radical (unpaired) electrons. The Bertz CT molecular complexity index is 2490. The van der Waals surface area contributed by atoms with E-state index in [9.17, 15) is 0 Å². The molecule has 8 heteroatoms. The standard InChI is InChI=1S/C32H19N7O/c1-16-6-5-8-18-20-14-22-24(19-7-3-4-9-21(19)40-22)17(2)32(20)39(31(16)18)23-15-37-29-27-25(33-10-11-35-27)26-28(30(29)38-23)36-13-12-34-26/h3-15H,1-2H3. The van der Waals surface area contributed by atoms with Gasteiger partial charge >= 0.3 is 0 Å². The summed E-state index contributed by atoms with van der Waals surface area (Å²) in [6.45, 7) is 4.29. The first-order valence-electron chi connectivity index (χ1n) is 13.0. The van der Waals surface area contributed by atoms with Gasteiger partial charge < -0.3 is 4.42 Å². The summed E-state index contributed by atoms with van der Waals surface area (Å²) in [4.78, 5) is 28.5. The van der Waals surface area contributed by atoms with Crippen LogP contribution in [0.3, 0.4) is 0 Å². The Morgan fingerprint density at radius 3 is 2.00 bits per heavy atom. The molecule has 0 spiro atoms. The topological polar surface area (TPSA) is 95.4 Å². The Morgan fingerprint density at radius 1 is 0.600 bits per heavy atom. The summed E-state index contributed by atoms with van der Waals surface area (Å²) < 4.78 is 8.55. The highest BCUT2D eigenvalue weighted by Crippen LogP contribution is 2.42. The maximum Gasteiger partial charge on any atom is 0.157 e. The highest BCUT2D eigenvalue weighted by atomic mass is 16.3. The molecule has 0 fully saturated rings. The van der Waals surface area contributed by atoms with E-state index in [0.717, 1.165) is 54.9 Å². The molecule has 188 valence electrons. The number of para-hydroxylation sites is 2. The molecule has 8 nitrogen and oxygen atoms in total. The van der Waals surface area contributed by atoms with E-state index in [1.165, 1.54) is 0 Å². The van der Waals surface area contributed by atoms with Gasteiger partial charge in [0.15, 0.2) is 5.82 Å². The summed E-state index contributed by atoms with van der Waals surface area (Å²) in [5.41, 5.74) is 10.1. The third-order valence-corrected chi connectivity index (χ3v) is 7.92. The molecule has 0 aliphatic carbocycles. The third kappa shape index (κ3) is 2.64. The average molecular weight is 518 g/mol. The first-order valence-corrected chi connectivity index (χ1v) is 13.0. The van der Waals surface area contributed by atoms with Gasteiger partial charge in [0, 0.05) is 46.3 Å². The number of benzene rings is 4. The van der Waals surface area contributed by atoms with Crippen molar-refractivity contribution in [3.05, 3.63) is 90.6 Å². The average Bonchev–Trinajstić information content (AvgIpc) is 3.54. The Labute approximate surface area is 226 Å². The van der Waals surface area contributed by atoms with E-state index in [-0.39, 0.29) is 0 Å². The molecule has 0 aliphatic heterocycles. The number of fused-ring (bicyclic) bond motifs is 12. The molecule has 0 saturated heterocycles. The lowest BCUT2D eigenvalue weighted by Gasteiger charge is -2.12. The normalized spacial score (nSPS) is 12.2. The van der Waals surface area contributed by atoms with Crippen molar-refractivity contribution < 1.29 is 4.42 Å². The van der Waals surface area contributed by atoms with Crippen molar-refractivity contribution in [1.82, 2.24) is 34.5 Å². The molecule has 9 aromatic rings. The van der Waals surface area contributed by atoms with Gasteiger partial charge in [0.1, 0.15) is 44.3 Å². The monoisotopic (exact) mass is 517 g/mol. The lowest BCUT2D eigenvalue weighted by Crippen LogP contribution is -2.03. The summed E-state index contributed by atoms with van der Waals surface area (Å²) in [7, 11) is 0. The molecular weight excluding hydrogens is 498 g/mol. The van der Waals surface area contributed by atoms with E-state index in [2.05, 4.69) is 74.7 Å². The number of nitrogens with zero attached hydrogens (tertiary/aromatic N) is 7. The second-order valence-corrected chi connectivity index (χ2v) is 10.1. The summed E-state index contributed by atoms with van der Waals surface area (Å²) in [5, 5.41) is 4.45. The highest BCUT2D eigenvalue weighted by molar-refractivity contribution is 6.20. The zero-order valence-electron chi connectivity index (χ0n) is 21.5. The lowest BCUT2D eigenvalue weighted by molar-refractivity contribution is 0.669. The van der Waals surface area contributed by atoms with Crippen LogP contribution in [0.25, 0.3) is 82.7 Å². The van der Waals surface area contributed by atoms with Crippen LogP contribution in [-0.4, -0.2) is 34.5 Å². The van der Waals surface area contributed by atoms with E-state index < -0.39 is 0 Å². The second kappa shape index (κ2) is 7.54. The zero-order valence-corrected chi connectivity index (χ0v) is 21.5. The van der Waals surface area contributed by atoms with Gasteiger partial charge in [0.05, 0.1) is 17.2 Å². The second-order valence-electron chi connectivity index (χ2n) is 10.1. The van der Waals surface area contributed by atoms with Crippen molar-refractivity contribution in [3.63, 3.8) is 0 Å². The maximum atomic E-state index is 6.32. The number of aryl methyl sites for hydroxylation is 2. The van der Waals surface area contributed by atoms with Crippen LogP contribution in [0.4, 0.5) is 0 Å². The van der Waals surface area contributed by atoms with Gasteiger partial charge in [-0.2, -0.15) is 0 Å². The molecule has 0 unspecified atom stereocenters. The van der Waals surface area contributed by atoms with E-state index in [1.807, 2.05) is 18.3 Å². The molecule has 4 aromatic carbocycles. The molecule has 5 aromatic heterocycles. The molecule has 40 heavy (non-hydrogen) atoms. The number of aromatic nitrogens is 7. The van der Waals surface area contributed by atoms with Crippen LogP contribution in [0, 0.1) is 13.8 Å². The minimum absolute atomic E-state index is 0.643. The fraction of sp³-hybridized carbons (Fsp3) is 0.0625. The van der Waals surface area contributed by atoms with Crippen LogP contribution >= 0.6 is 0 Å². The maximum absolute atomic E-state index is 6.32. The minimum Gasteiger partial charge on any atom is -0.456 e. The Balaban J connectivity index is 1.48. The largest absolute Gasteiger partial charge is 0.456 e. The lowest BCUT2D eigenvalue weighted by atomic mass is 10.0. The van der Waals surface area contributed by atoms with Crippen molar-refractivity contribution in [2.24, 2.45) is 0 Å². The third-order valence-electron chi connectivity index (χ3n) is 7.92. The van der Waals surface area contributed by atoms with Gasteiger partial charge in [0.25, 0.3) is 0 Å². The van der Waals surface area contributed by atoms with Crippen LogP contribution in [0.15, 0.2) is 83.9 Å². The highest BCUT2D eigenvalue weighted by Gasteiger charge is 2.22. The number of hydrogen-bond acceptors (Lipinski definition) is 7. The van der Waals surface area contributed by atoms with Gasteiger partial charge in [-0.3, -0.25) is 24.5 Å². The van der Waals surface area contributed by atoms with Crippen molar-refractivity contribution in [3.8, 4) is 5.82 Å². The molecule has 0 amide bonds. The fourth-order valence-corrected chi connectivity index (χ4v) is 6.28. The van der Waals surface area contributed by atoms with Crippen LogP contribution in [0.5, 0.6) is 0 Å². The van der Waals surface area contributed by atoms with E-state index >= 15 is 0 Å². The van der Waals surface area contributed by atoms with Crippen LogP contribution in [0.1, 0.15) is 11.1 Å². The SMILES string of the molecule is Cc1cccc2c3cc4oc5ccccc5c4c(C)c3n(-c3cnc4c5nccnc5c5nccnc5c4n3)c12. The predicted octanol–water partition coefficient (Wildman–Crippen LogP) is 7.13. The van der Waals surface area contributed by atoms with Gasteiger partial charge in [-0.25, -0.2) is 9.97 Å². The number of furan rings is 1. The van der Waals surface area contributed by atoms with E-state index in [1.54, 1.807) is 24.8 Å². The van der Waals surface area contributed by atoms with E-state index in [0.29, 0.717) is 38.9 Å². The molecule has 0 atom stereocenters. The van der Waals surface area contributed by atoms with Crippen LogP contribution in [0.2, 0.25) is 0 Å². The summed E-state index contributed by atoms with van der Waals surface area (Å²) >= 11 is 0. The van der Waals surface area contributed by atoms with Crippen molar-refractivity contribution in [1.29, 1.82) is 0 Å². The molecule has 0 bridgehead atoms. The van der Waals surface area contributed by atoms with Gasteiger partial charge in [-0.1, -0.05) is 36.4 Å². The number of rotatable bonds is 1. The summed E-state index contributed by atoms with van der Waals surface area (Å²) in [6.07, 6.45) is 8.49. The Morgan fingerprint density at radius 2 is 1.25 bits per heavy atom. The van der Waals surface area contributed by atoms with Crippen molar-refractivity contribution in [2.75, 3.05) is 0 Å². The molecular formula is C32H19N7O. The molecule has 0 N–H and O–H groups in total. The quantitative estimate of drug-likeness (QED) is 0.214. The summed E-state index contributed by atoms with van der Waals surface area (Å²) in [6, 6.07) is 16.7. The number of hydrogen-bond donors (Lipinski definition) is 0. The first-order chi connectivity index (χ1) is 19.7. The molecule has 0 aliphatic rings. The smallest absolute Gasteiger partial charge is 0.157 e. The van der Waals surface area contributed by atoms with Gasteiger partial charge in [0.2, 0.25) is 0 Å². The van der Waals surface area contributed by atoms with Crippen LogP contribution in [-0.2, 0) is 0 Å². The zero-order chi connectivity index (χ0) is 26.5. The Kier molecular flexibility index (Phi) is 4.04. The van der Waals surface area contributed by atoms with Gasteiger partial charge in [-0.15, -0.1) is 0 Å². The fourth-order valence-electron chi connectivity index (χ4n) is 6.28. The molecule has 5 heterocycles. The van der Waals surface area contributed by atoms with Gasteiger partial charge in [-0.05, 0) is 37.1 Å². The van der Waals surface area contributed by atoms with E-state index in [4.69, 9.17) is 14.4 Å². The predicted molar refractivity (Wildman–Crippen MR) is 157 cm³/mol. The van der Waals surface area contributed by atoms with Crippen molar-refractivity contribution >= 4 is 76.8 Å². The summed E-state index contributed by atoms with van der Waals surface area (Å²) in [5.74, 6) is 0.701. The van der Waals surface area contributed by atoms with Crippen molar-refractivity contribution in [2.45, 2.75) is 13.8 Å². The first kappa shape index (κ1) is 21.4. The molecule has 9 rings (SSSR count). The van der Waals surface area contributed by atoms with Crippen LogP contribution < -0.4 is 0 Å². The Hall–Kier alpha value is -5.50.